The van der Waals surface area contributed by atoms with Gasteiger partial charge in [0.1, 0.15) is 0 Å². The van der Waals surface area contributed by atoms with E-state index >= 15 is 0 Å². The molecule has 0 bridgehead atoms. The van der Waals surface area contributed by atoms with Gasteiger partial charge in [0.25, 0.3) is 0 Å². The average Bonchev–Trinajstić information content (AvgIpc) is 2.71. The normalized spacial score (nSPS) is 11.5. The first-order valence-corrected chi connectivity index (χ1v) is 11.3. The van der Waals surface area contributed by atoms with Crippen molar-refractivity contribution in [2.75, 3.05) is 11.9 Å². The zero-order valence-corrected chi connectivity index (χ0v) is 18.5. The van der Waals surface area contributed by atoms with Crippen LogP contribution in [0.1, 0.15) is 11.1 Å². The van der Waals surface area contributed by atoms with Crippen LogP contribution in [0.3, 0.4) is 0 Å². The quantitative estimate of drug-likeness (QED) is 0.528. The first kappa shape index (κ1) is 22.3. The lowest BCUT2D eigenvalue weighted by Gasteiger charge is -2.22. The molecule has 0 fully saturated rings. The van der Waals surface area contributed by atoms with E-state index in [0.29, 0.717) is 10.7 Å². The fraction of sp³-hybridized carbons (Fsp3) is 0.136. The molecule has 0 aliphatic rings. The largest absolute Gasteiger partial charge is 0.324 e. The second-order valence-electron chi connectivity index (χ2n) is 6.74. The highest BCUT2D eigenvalue weighted by molar-refractivity contribution is 7.89. The SMILES string of the molecule is Cc1ccc(S(=O)(=O)N(CC(=O)Nc2ccc(Cl)cc2Cl)Cc2ccccc2)cc1. The molecule has 156 valence electrons. The summed E-state index contributed by atoms with van der Waals surface area (Å²) in [5.41, 5.74) is 2.07. The third kappa shape index (κ3) is 5.61. The summed E-state index contributed by atoms with van der Waals surface area (Å²) < 4.78 is 27.6. The summed E-state index contributed by atoms with van der Waals surface area (Å²) in [5, 5.41) is 3.36. The minimum atomic E-state index is -3.90. The Kier molecular flexibility index (Phi) is 7.15. The van der Waals surface area contributed by atoms with Crippen molar-refractivity contribution in [2.24, 2.45) is 0 Å². The van der Waals surface area contributed by atoms with E-state index in [1.165, 1.54) is 18.2 Å². The molecule has 1 amide bonds. The highest BCUT2D eigenvalue weighted by Crippen LogP contribution is 2.26. The summed E-state index contributed by atoms with van der Waals surface area (Å²) in [6.45, 7) is 1.56. The van der Waals surface area contributed by atoms with Crippen LogP contribution in [0.25, 0.3) is 0 Å². The molecule has 0 atom stereocenters. The van der Waals surface area contributed by atoms with Gasteiger partial charge in [-0.25, -0.2) is 8.42 Å². The Morgan fingerprint density at radius 2 is 1.63 bits per heavy atom. The number of amides is 1. The third-order valence-corrected chi connectivity index (χ3v) is 6.74. The highest BCUT2D eigenvalue weighted by Gasteiger charge is 2.27. The van der Waals surface area contributed by atoms with Gasteiger partial charge in [-0.1, -0.05) is 71.2 Å². The van der Waals surface area contributed by atoms with E-state index in [9.17, 15) is 13.2 Å². The lowest BCUT2D eigenvalue weighted by molar-refractivity contribution is -0.116. The van der Waals surface area contributed by atoms with Gasteiger partial charge in [0, 0.05) is 11.6 Å². The van der Waals surface area contributed by atoms with E-state index in [1.807, 2.05) is 37.3 Å². The van der Waals surface area contributed by atoms with Crippen molar-refractivity contribution >= 4 is 44.8 Å². The maximum atomic E-state index is 13.2. The lowest BCUT2D eigenvalue weighted by Crippen LogP contribution is -2.37. The number of rotatable bonds is 7. The number of benzene rings is 3. The number of carbonyl (C=O) groups excluding carboxylic acids is 1. The highest BCUT2D eigenvalue weighted by atomic mass is 35.5. The standard InChI is InChI=1S/C22H20Cl2N2O3S/c1-16-7-10-19(11-8-16)30(28,29)26(14-17-5-3-2-4-6-17)15-22(27)25-21-12-9-18(23)13-20(21)24/h2-13H,14-15H2,1H3,(H,25,27). The first-order chi connectivity index (χ1) is 14.3. The van der Waals surface area contributed by atoms with E-state index in [0.717, 1.165) is 15.4 Å². The average molecular weight is 463 g/mol. The zero-order valence-electron chi connectivity index (χ0n) is 16.2. The van der Waals surface area contributed by atoms with Crippen LogP contribution in [0.4, 0.5) is 5.69 Å². The lowest BCUT2D eigenvalue weighted by atomic mass is 10.2. The second kappa shape index (κ2) is 9.62. The van der Waals surface area contributed by atoms with Crippen LogP contribution in [-0.2, 0) is 21.4 Å². The first-order valence-electron chi connectivity index (χ1n) is 9.11. The van der Waals surface area contributed by atoms with Crippen molar-refractivity contribution < 1.29 is 13.2 Å². The summed E-state index contributed by atoms with van der Waals surface area (Å²) >= 11 is 12.0. The van der Waals surface area contributed by atoms with Crippen molar-refractivity contribution in [3.8, 4) is 0 Å². The maximum Gasteiger partial charge on any atom is 0.243 e. The molecule has 0 radical (unpaired) electrons. The van der Waals surface area contributed by atoms with Crippen molar-refractivity contribution in [3.05, 3.63) is 94.0 Å². The van der Waals surface area contributed by atoms with Crippen molar-refractivity contribution in [1.29, 1.82) is 0 Å². The van der Waals surface area contributed by atoms with E-state index < -0.39 is 15.9 Å². The number of nitrogens with one attached hydrogen (secondary N) is 1. The Morgan fingerprint density at radius 1 is 0.967 bits per heavy atom. The maximum absolute atomic E-state index is 13.2. The summed E-state index contributed by atoms with van der Waals surface area (Å²) in [7, 11) is -3.90. The van der Waals surface area contributed by atoms with Gasteiger partial charge in [-0.05, 0) is 42.8 Å². The van der Waals surface area contributed by atoms with E-state index in [1.54, 1.807) is 24.3 Å². The van der Waals surface area contributed by atoms with Crippen LogP contribution in [-0.4, -0.2) is 25.2 Å². The Hall–Kier alpha value is -2.38. The van der Waals surface area contributed by atoms with Gasteiger partial charge in [-0.2, -0.15) is 4.31 Å². The number of aryl methyl sites for hydroxylation is 1. The minimum absolute atomic E-state index is 0.0544. The monoisotopic (exact) mass is 462 g/mol. The molecule has 3 aromatic carbocycles. The minimum Gasteiger partial charge on any atom is -0.324 e. The third-order valence-electron chi connectivity index (χ3n) is 4.39. The Balaban J connectivity index is 1.87. The molecule has 0 aromatic heterocycles. The predicted molar refractivity (Wildman–Crippen MR) is 120 cm³/mol. The van der Waals surface area contributed by atoms with Crippen LogP contribution in [0.15, 0.2) is 77.7 Å². The van der Waals surface area contributed by atoms with Crippen LogP contribution in [0.2, 0.25) is 10.0 Å². The van der Waals surface area contributed by atoms with E-state index in [-0.39, 0.29) is 23.0 Å². The van der Waals surface area contributed by atoms with Crippen LogP contribution < -0.4 is 5.32 Å². The number of hydrogen-bond donors (Lipinski definition) is 1. The topological polar surface area (TPSA) is 66.5 Å². The van der Waals surface area contributed by atoms with Gasteiger partial charge in [0.2, 0.25) is 15.9 Å². The Bertz CT molecular complexity index is 1130. The van der Waals surface area contributed by atoms with E-state index in [4.69, 9.17) is 23.2 Å². The molecule has 5 nitrogen and oxygen atoms in total. The van der Waals surface area contributed by atoms with Crippen LogP contribution >= 0.6 is 23.2 Å². The molecule has 0 heterocycles. The van der Waals surface area contributed by atoms with Gasteiger partial charge >= 0.3 is 0 Å². The molecular formula is C22H20Cl2N2O3S. The van der Waals surface area contributed by atoms with Gasteiger partial charge in [-0.3, -0.25) is 4.79 Å². The number of nitrogens with zero attached hydrogens (tertiary/aromatic N) is 1. The van der Waals surface area contributed by atoms with Crippen molar-refractivity contribution in [3.63, 3.8) is 0 Å². The molecule has 0 unspecified atom stereocenters. The fourth-order valence-corrected chi connectivity index (χ4v) is 4.65. The molecule has 8 heteroatoms. The zero-order chi connectivity index (χ0) is 21.7. The number of carbonyl (C=O) groups is 1. The predicted octanol–water partition coefficient (Wildman–Crippen LogP) is 5.13. The van der Waals surface area contributed by atoms with Crippen molar-refractivity contribution in [2.45, 2.75) is 18.4 Å². The number of halogens is 2. The smallest absolute Gasteiger partial charge is 0.243 e. The molecule has 3 rings (SSSR count). The summed E-state index contributed by atoms with van der Waals surface area (Å²) in [5.74, 6) is -0.508. The molecule has 30 heavy (non-hydrogen) atoms. The van der Waals surface area contributed by atoms with Gasteiger partial charge in [-0.15, -0.1) is 0 Å². The number of hydrogen-bond acceptors (Lipinski definition) is 3. The van der Waals surface area contributed by atoms with E-state index in [2.05, 4.69) is 5.32 Å². The van der Waals surface area contributed by atoms with Gasteiger partial charge in [0.05, 0.1) is 22.2 Å². The molecule has 3 aromatic rings. The number of sulfonamides is 1. The molecule has 0 saturated carbocycles. The molecule has 1 N–H and O–H groups in total. The summed E-state index contributed by atoms with van der Waals surface area (Å²) in [4.78, 5) is 12.8. The fourth-order valence-electron chi connectivity index (χ4n) is 2.81. The Labute approximate surface area is 186 Å². The molecule has 0 saturated heterocycles. The molecule has 0 aliphatic carbocycles. The Morgan fingerprint density at radius 3 is 2.27 bits per heavy atom. The van der Waals surface area contributed by atoms with Crippen LogP contribution in [0, 0.1) is 6.92 Å². The van der Waals surface area contributed by atoms with Gasteiger partial charge < -0.3 is 5.32 Å². The molecule has 0 spiro atoms. The van der Waals surface area contributed by atoms with Crippen LogP contribution in [0.5, 0.6) is 0 Å². The molecular weight excluding hydrogens is 443 g/mol. The van der Waals surface area contributed by atoms with Gasteiger partial charge in [0.15, 0.2) is 0 Å². The summed E-state index contributed by atoms with van der Waals surface area (Å²) in [6, 6.07) is 20.3. The van der Waals surface area contributed by atoms with Crippen molar-refractivity contribution in [1.82, 2.24) is 4.31 Å². The molecule has 0 aliphatic heterocycles. The second-order valence-corrected chi connectivity index (χ2v) is 9.53. The number of anilines is 1. The summed E-state index contributed by atoms with van der Waals surface area (Å²) in [6.07, 6.45) is 0.